The third-order valence-electron chi connectivity index (χ3n) is 3.42. The number of carbonyl (C=O) groups is 1. The molecule has 0 aliphatic heterocycles. The molecule has 0 aliphatic rings. The summed E-state index contributed by atoms with van der Waals surface area (Å²) in [5.74, 6) is 0.124. The van der Waals surface area contributed by atoms with E-state index in [9.17, 15) is 4.79 Å². The van der Waals surface area contributed by atoms with E-state index in [1.807, 2.05) is 43.3 Å². The molecule has 0 atom stereocenters. The number of aromatic nitrogens is 3. The summed E-state index contributed by atoms with van der Waals surface area (Å²) in [6.45, 7) is 1.91. The molecule has 2 heterocycles. The van der Waals surface area contributed by atoms with Crippen LogP contribution in [0, 0.1) is 6.92 Å². The Kier molecular flexibility index (Phi) is 5.63. The van der Waals surface area contributed by atoms with Crippen molar-refractivity contribution in [3.8, 4) is 11.3 Å². The number of hydrogen-bond donors (Lipinski definition) is 1. The first-order valence-corrected chi connectivity index (χ1v) is 8.91. The van der Waals surface area contributed by atoms with Gasteiger partial charge in [-0.3, -0.25) is 9.78 Å². The molecular weight excluding hydrogens is 356 g/mol. The maximum Gasteiger partial charge on any atom is 0.234 e. The average molecular weight is 371 g/mol. The van der Waals surface area contributed by atoms with Crippen molar-refractivity contribution in [2.45, 2.75) is 11.9 Å². The van der Waals surface area contributed by atoms with Crippen LogP contribution >= 0.6 is 23.4 Å². The van der Waals surface area contributed by atoms with Gasteiger partial charge >= 0.3 is 0 Å². The second kappa shape index (κ2) is 8.09. The number of pyridine rings is 1. The molecule has 7 heteroatoms. The SMILES string of the molecule is Cc1ccc(NC(=O)CSc2ccc(-c3ccncc3)nn2)cc1Cl. The molecule has 0 saturated carbocycles. The molecule has 5 nitrogen and oxygen atoms in total. The number of hydrogen-bond acceptors (Lipinski definition) is 5. The van der Waals surface area contributed by atoms with Crippen molar-refractivity contribution in [2.24, 2.45) is 0 Å². The third-order valence-corrected chi connectivity index (χ3v) is 4.75. The van der Waals surface area contributed by atoms with E-state index < -0.39 is 0 Å². The number of amides is 1. The average Bonchev–Trinajstić information content (AvgIpc) is 2.64. The van der Waals surface area contributed by atoms with Gasteiger partial charge in [-0.1, -0.05) is 29.4 Å². The van der Waals surface area contributed by atoms with Crippen LogP contribution in [0.3, 0.4) is 0 Å². The van der Waals surface area contributed by atoms with Gasteiger partial charge in [0.2, 0.25) is 5.91 Å². The summed E-state index contributed by atoms with van der Waals surface area (Å²) in [4.78, 5) is 16.0. The summed E-state index contributed by atoms with van der Waals surface area (Å²) >= 11 is 7.38. The first-order valence-electron chi connectivity index (χ1n) is 7.55. The zero-order chi connectivity index (χ0) is 17.6. The minimum absolute atomic E-state index is 0.120. The molecule has 25 heavy (non-hydrogen) atoms. The van der Waals surface area contributed by atoms with Gasteiger partial charge in [-0.2, -0.15) is 0 Å². The van der Waals surface area contributed by atoms with Gasteiger partial charge in [0.25, 0.3) is 0 Å². The molecule has 0 fully saturated rings. The number of anilines is 1. The third kappa shape index (κ3) is 4.78. The molecule has 0 spiro atoms. The zero-order valence-electron chi connectivity index (χ0n) is 13.4. The zero-order valence-corrected chi connectivity index (χ0v) is 15.0. The molecule has 0 saturated heterocycles. The second-order valence-corrected chi connectivity index (χ2v) is 6.70. The summed E-state index contributed by atoms with van der Waals surface area (Å²) in [7, 11) is 0. The monoisotopic (exact) mass is 370 g/mol. The number of rotatable bonds is 5. The molecule has 126 valence electrons. The number of thioether (sulfide) groups is 1. The van der Waals surface area contributed by atoms with Gasteiger partial charge in [-0.05, 0) is 48.9 Å². The van der Waals surface area contributed by atoms with Crippen LogP contribution in [0.5, 0.6) is 0 Å². The molecular formula is C18H15ClN4OS. The summed E-state index contributed by atoms with van der Waals surface area (Å²) < 4.78 is 0. The number of aryl methyl sites for hydroxylation is 1. The first kappa shape index (κ1) is 17.4. The van der Waals surface area contributed by atoms with Gasteiger partial charge in [0, 0.05) is 28.7 Å². The quantitative estimate of drug-likeness (QED) is 0.680. The lowest BCUT2D eigenvalue weighted by Gasteiger charge is -2.06. The Labute approximate surface area is 154 Å². The van der Waals surface area contributed by atoms with E-state index in [4.69, 9.17) is 11.6 Å². The van der Waals surface area contributed by atoms with Crippen molar-refractivity contribution < 1.29 is 4.79 Å². The van der Waals surface area contributed by atoms with Gasteiger partial charge in [-0.15, -0.1) is 10.2 Å². The van der Waals surface area contributed by atoms with Crippen molar-refractivity contribution in [2.75, 3.05) is 11.1 Å². The number of benzene rings is 1. The molecule has 0 aliphatic carbocycles. The van der Waals surface area contributed by atoms with E-state index in [-0.39, 0.29) is 11.7 Å². The Morgan fingerprint density at radius 3 is 2.60 bits per heavy atom. The van der Waals surface area contributed by atoms with Crippen LogP contribution in [0.15, 0.2) is 59.9 Å². The van der Waals surface area contributed by atoms with E-state index in [0.29, 0.717) is 15.7 Å². The Bertz CT molecular complexity index is 872. The van der Waals surface area contributed by atoms with Gasteiger partial charge < -0.3 is 5.32 Å². The molecule has 1 N–H and O–H groups in total. The lowest BCUT2D eigenvalue weighted by Crippen LogP contribution is -2.14. The van der Waals surface area contributed by atoms with Crippen molar-refractivity contribution in [1.82, 2.24) is 15.2 Å². The predicted molar refractivity (Wildman–Crippen MR) is 101 cm³/mol. The maximum absolute atomic E-state index is 12.0. The Morgan fingerprint density at radius 1 is 1.12 bits per heavy atom. The predicted octanol–water partition coefficient (Wildman–Crippen LogP) is 4.23. The fraction of sp³-hybridized carbons (Fsp3) is 0.111. The summed E-state index contributed by atoms with van der Waals surface area (Å²) in [6, 6.07) is 12.9. The molecule has 0 unspecified atom stereocenters. The minimum Gasteiger partial charge on any atom is -0.325 e. The fourth-order valence-corrected chi connectivity index (χ4v) is 2.88. The van der Waals surface area contributed by atoms with Gasteiger partial charge in [0.1, 0.15) is 5.03 Å². The Balaban J connectivity index is 1.56. The Morgan fingerprint density at radius 2 is 1.92 bits per heavy atom. The number of carbonyl (C=O) groups excluding carboxylic acids is 1. The topological polar surface area (TPSA) is 67.8 Å². The van der Waals surface area contributed by atoms with E-state index >= 15 is 0 Å². The molecule has 3 aromatic rings. The van der Waals surface area contributed by atoms with Crippen LogP contribution in [-0.4, -0.2) is 26.8 Å². The largest absolute Gasteiger partial charge is 0.325 e. The van der Waals surface area contributed by atoms with Gasteiger partial charge in [0.05, 0.1) is 11.4 Å². The van der Waals surface area contributed by atoms with Crippen molar-refractivity contribution in [1.29, 1.82) is 0 Å². The van der Waals surface area contributed by atoms with Crippen LogP contribution in [0.4, 0.5) is 5.69 Å². The van der Waals surface area contributed by atoms with E-state index in [1.165, 1.54) is 11.8 Å². The van der Waals surface area contributed by atoms with Crippen LogP contribution in [0.25, 0.3) is 11.3 Å². The molecule has 0 bridgehead atoms. The summed E-state index contributed by atoms with van der Waals surface area (Å²) in [5, 5.41) is 12.5. The lowest BCUT2D eigenvalue weighted by molar-refractivity contribution is -0.113. The smallest absolute Gasteiger partial charge is 0.234 e. The lowest BCUT2D eigenvalue weighted by atomic mass is 10.2. The van der Waals surface area contributed by atoms with Crippen molar-refractivity contribution in [3.05, 3.63) is 65.4 Å². The highest BCUT2D eigenvalue weighted by molar-refractivity contribution is 7.99. The molecule has 0 radical (unpaired) electrons. The summed E-state index contributed by atoms with van der Waals surface area (Å²) in [6.07, 6.45) is 3.42. The standard InChI is InChI=1S/C18H15ClN4OS/c1-12-2-3-14(10-15(12)19)21-17(24)11-25-18-5-4-16(22-23-18)13-6-8-20-9-7-13/h2-10H,11H2,1H3,(H,21,24). The maximum atomic E-state index is 12.0. The van der Waals surface area contributed by atoms with Crippen LogP contribution in [-0.2, 0) is 4.79 Å². The number of nitrogens with zero attached hydrogens (tertiary/aromatic N) is 3. The number of nitrogens with one attached hydrogen (secondary N) is 1. The number of halogens is 1. The second-order valence-electron chi connectivity index (χ2n) is 5.29. The van der Waals surface area contributed by atoms with Crippen LogP contribution < -0.4 is 5.32 Å². The normalized spacial score (nSPS) is 10.5. The molecule has 2 aromatic heterocycles. The minimum atomic E-state index is -0.120. The fourth-order valence-electron chi connectivity index (χ4n) is 2.08. The van der Waals surface area contributed by atoms with Gasteiger partial charge in [0.15, 0.2) is 0 Å². The van der Waals surface area contributed by atoms with E-state index in [0.717, 1.165) is 16.8 Å². The molecule has 1 aromatic carbocycles. The highest BCUT2D eigenvalue weighted by atomic mass is 35.5. The van der Waals surface area contributed by atoms with E-state index in [2.05, 4.69) is 20.5 Å². The highest BCUT2D eigenvalue weighted by Gasteiger charge is 2.07. The van der Waals surface area contributed by atoms with Crippen LogP contribution in [0.2, 0.25) is 5.02 Å². The van der Waals surface area contributed by atoms with Crippen molar-refractivity contribution >= 4 is 35.0 Å². The molecule has 3 rings (SSSR count). The van der Waals surface area contributed by atoms with Crippen molar-refractivity contribution in [3.63, 3.8) is 0 Å². The molecule has 1 amide bonds. The Hall–Kier alpha value is -2.44. The summed E-state index contributed by atoms with van der Waals surface area (Å²) in [5.41, 5.74) is 3.37. The first-order chi connectivity index (χ1) is 12.1. The van der Waals surface area contributed by atoms with Crippen LogP contribution in [0.1, 0.15) is 5.56 Å². The van der Waals surface area contributed by atoms with Gasteiger partial charge in [-0.25, -0.2) is 0 Å². The highest BCUT2D eigenvalue weighted by Crippen LogP contribution is 2.21. The van der Waals surface area contributed by atoms with E-state index in [1.54, 1.807) is 18.5 Å².